The maximum atomic E-state index is 4.54. The number of aliphatic imine (C=N–C) groups is 1. The molecule has 39 heavy (non-hydrogen) atoms. The molecule has 0 fully saturated rings. The summed E-state index contributed by atoms with van der Waals surface area (Å²) in [4.78, 5) is 4.54. The molecule has 0 aliphatic carbocycles. The minimum Gasteiger partial charge on any atom is -0.309 e. The van der Waals surface area contributed by atoms with E-state index in [-0.39, 0.29) is 0 Å². The smallest absolute Gasteiger partial charge is 0.0663 e. The average molecular weight is 498 g/mol. The van der Waals surface area contributed by atoms with E-state index in [9.17, 15) is 0 Å². The predicted octanol–water partition coefficient (Wildman–Crippen LogP) is 9.29. The Morgan fingerprint density at radius 3 is 2.03 bits per heavy atom. The van der Waals surface area contributed by atoms with Crippen LogP contribution < -0.4 is 0 Å². The fourth-order valence-corrected chi connectivity index (χ4v) is 6.70. The first kappa shape index (κ1) is 20.9. The highest BCUT2D eigenvalue weighted by molar-refractivity contribution is 6.33. The van der Waals surface area contributed by atoms with Crippen molar-refractivity contribution >= 4 is 66.3 Å². The van der Waals surface area contributed by atoms with Crippen molar-refractivity contribution in [3.05, 3.63) is 127 Å². The zero-order valence-electron chi connectivity index (χ0n) is 21.2. The largest absolute Gasteiger partial charge is 0.309 e. The van der Waals surface area contributed by atoms with Gasteiger partial charge in [-0.2, -0.15) is 0 Å². The molecule has 0 saturated carbocycles. The first-order valence-corrected chi connectivity index (χ1v) is 13.5. The van der Waals surface area contributed by atoms with Gasteiger partial charge in [0.2, 0.25) is 0 Å². The third-order valence-corrected chi connectivity index (χ3v) is 8.33. The van der Waals surface area contributed by atoms with Crippen molar-refractivity contribution in [3.8, 4) is 11.4 Å². The van der Waals surface area contributed by atoms with Gasteiger partial charge in [-0.3, -0.25) is 4.99 Å². The summed E-state index contributed by atoms with van der Waals surface area (Å²) in [6.07, 6.45) is 2.90. The first-order chi connectivity index (χ1) is 19.4. The Kier molecular flexibility index (Phi) is 4.11. The second-order valence-electron chi connectivity index (χ2n) is 10.4. The van der Waals surface area contributed by atoms with Gasteiger partial charge < -0.3 is 9.13 Å². The van der Waals surface area contributed by atoms with E-state index in [1.807, 2.05) is 6.21 Å². The lowest BCUT2D eigenvalue weighted by Gasteiger charge is -2.10. The van der Waals surface area contributed by atoms with Gasteiger partial charge in [0.25, 0.3) is 0 Å². The van der Waals surface area contributed by atoms with Crippen LogP contribution in [0, 0.1) is 0 Å². The maximum Gasteiger partial charge on any atom is 0.0663 e. The normalized spacial score (nSPS) is 12.9. The summed E-state index contributed by atoms with van der Waals surface area (Å²) < 4.78 is 4.86. The molecule has 8 aromatic rings. The highest BCUT2D eigenvalue weighted by atomic mass is 15.0. The number of para-hydroxylation sites is 2. The molecule has 3 heterocycles. The van der Waals surface area contributed by atoms with Gasteiger partial charge in [-0.15, -0.1) is 0 Å². The molecule has 0 saturated heterocycles. The summed E-state index contributed by atoms with van der Waals surface area (Å²) in [5, 5.41) is 7.74. The molecule has 0 atom stereocenters. The van der Waals surface area contributed by atoms with E-state index in [1.165, 1.54) is 71.3 Å². The Balaban J connectivity index is 1.52. The lowest BCUT2D eigenvalue weighted by Crippen LogP contribution is -1.95. The average Bonchev–Trinajstić information content (AvgIpc) is 3.69. The predicted molar refractivity (Wildman–Crippen MR) is 164 cm³/mol. The third-order valence-electron chi connectivity index (χ3n) is 8.33. The minimum absolute atomic E-state index is 0.890. The molecular formula is C36H23N3. The number of rotatable bonds is 2. The molecule has 3 heteroatoms. The van der Waals surface area contributed by atoms with Crippen LogP contribution in [0.15, 0.2) is 126 Å². The molecule has 1 aliphatic rings. The molecule has 182 valence electrons. The summed E-state index contributed by atoms with van der Waals surface area (Å²) in [6, 6.07) is 44.2. The molecule has 2 aromatic heterocycles. The van der Waals surface area contributed by atoms with Crippen LogP contribution in [0.1, 0.15) is 5.56 Å². The topological polar surface area (TPSA) is 22.2 Å². The van der Waals surface area contributed by atoms with Gasteiger partial charge in [-0.05, 0) is 70.9 Å². The fourth-order valence-electron chi connectivity index (χ4n) is 6.70. The Morgan fingerprint density at radius 1 is 0.487 bits per heavy atom. The first-order valence-electron chi connectivity index (χ1n) is 13.5. The molecule has 9 rings (SSSR count). The molecule has 0 amide bonds. The number of hydrogen-bond donors (Lipinski definition) is 0. The quantitative estimate of drug-likeness (QED) is 0.227. The Bertz CT molecular complexity index is 2300. The van der Waals surface area contributed by atoms with E-state index in [4.69, 9.17) is 0 Å². The van der Waals surface area contributed by atoms with Crippen molar-refractivity contribution in [3.63, 3.8) is 0 Å². The summed E-state index contributed by atoms with van der Waals surface area (Å²) in [7, 11) is 0. The molecular weight excluding hydrogens is 474 g/mol. The van der Waals surface area contributed by atoms with Crippen LogP contribution in [0.4, 0.5) is 5.69 Å². The van der Waals surface area contributed by atoms with Crippen molar-refractivity contribution < 1.29 is 0 Å². The number of hydrogen-bond acceptors (Lipinski definition) is 1. The van der Waals surface area contributed by atoms with Crippen LogP contribution in [0.3, 0.4) is 0 Å². The Labute approximate surface area is 224 Å². The van der Waals surface area contributed by atoms with Crippen molar-refractivity contribution in [1.29, 1.82) is 0 Å². The van der Waals surface area contributed by atoms with Gasteiger partial charge in [0.15, 0.2) is 0 Å². The number of nitrogens with zero attached hydrogens (tertiary/aromatic N) is 3. The molecule has 0 unspecified atom stereocenters. The molecule has 3 nitrogen and oxygen atoms in total. The third kappa shape index (κ3) is 2.79. The SMILES string of the molecule is C1=Nc2ccc(-n3c4ccccc4c4c5c6c7ccccc7ccc6n(-c6ccccc6)c5ccc43)cc2C1. The summed E-state index contributed by atoms with van der Waals surface area (Å²) >= 11 is 0. The maximum absolute atomic E-state index is 4.54. The van der Waals surface area contributed by atoms with Crippen LogP contribution in [0.2, 0.25) is 0 Å². The lowest BCUT2D eigenvalue weighted by atomic mass is 10.0. The molecule has 0 N–H and O–H groups in total. The highest BCUT2D eigenvalue weighted by Gasteiger charge is 2.22. The Hall–Kier alpha value is -5.15. The van der Waals surface area contributed by atoms with E-state index in [1.54, 1.807) is 0 Å². The van der Waals surface area contributed by atoms with E-state index in [0.717, 1.165) is 12.1 Å². The minimum atomic E-state index is 0.890. The highest BCUT2D eigenvalue weighted by Crippen LogP contribution is 2.44. The van der Waals surface area contributed by atoms with E-state index in [0.29, 0.717) is 0 Å². The number of benzene rings is 6. The van der Waals surface area contributed by atoms with Gasteiger partial charge >= 0.3 is 0 Å². The summed E-state index contributed by atoms with van der Waals surface area (Å²) in [5.74, 6) is 0. The van der Waals surface area contributed by atoms with Crippen LogP contribution >= 0.6 is 0 Å². The summed E-state index contributed by atoms with van der Waals surface area (Å²) in [6.45, 7) is 0. The van der Waals surface area contributed by atoms with Gasteiger partial charge in [0.05, 0.1) is 27.8 Å². The molecule has 0 radical (unpaired) electrons. The molecule has 0 bridgehead atoms. The van der Waals surface area contributed by atoms with Crippen molar-refractivity contribution in [1.82, 2.24) is 9.13 Å². The Morgan fingerprint density at radius 2 is 1.15 bits per heavy atom. The van der Waals surface area contributed by atoms with E-state index < -0.39 is 0 Å². The van der Waals surface area contributed by atoms with Crippen LogP contribution in [0.5, 0.6) is 0 Å². The van der Waals surface area contributed by atoms with Gasteiger partial charge in [0.1, 0.15) is 0 Å². The molecule has 1 aliphatic heterocycles. The second-order valence-corrected chi connectivity index (χ2v) is 10.4. The van der Waals surface area contributed by atoms with Crippen molar-refractivity contribution in [2.45, 2.75) is 6.42 Å². The van der Waals surface area contributed by atoms with Crippen molar-refractivity contribution in [2.75, 3.05) is 0 Å². The van der Waals surface area contributed by atoms with Crippen LogP contribution in [0.25, 0.3) is 65.8 Å². The van der Waals surface area contributed by atoms with Crippen LogP contribution in [-0.2, 0) is 6.42 Å². The fraction of sp³-hybridized carbons (Fsp3) is 0.0278. The van der Waals surface area contributed by atoms with Crippen LogP contribution in [-0.4, -0.2) is 15.3 Å². The lowest BCUT2D eigenvalue weighted by molar-refractivity contribution is 1.16. The molecule has 0 spiro atoms. The van der Waals surface area contributed by atoms with E-state index >= 15 is 0 Å². The number of fused-ring (bicyclic) bond motifs is 10. The zero-order valence-corrected chi connectivity index (χ0v) is 21.2. The monoisotopic (exact) mass is 497 g/mol. The van der Waals surface area contributed by atoms with E-state index in [2.05, 4.69) is 135 Å². The van der Waals surface area contributed by atoms with Gasteiger partial charge in [-0.1, -0.05) is 66.7 Å². The molecule has 6 aromatic carbocycles. The van der Waals surface area contributed by atoms with Gasteiger partial charge in [-0.25, -0.2) is 0 Å². The van der Waals surface area contributed by atoms with Crippen molar-refractivity contribution in [2.24, 2.45) is 4.99 Å². The second kappa shape index (κ2) is 7.68. The standard InChI is InChI=1S/C36H23N3/c1-2-9-25(10-3-1)38-31-17-14-23-8-4-5-11-27(23)34(31)36-33(38)19-18-32-35(36)28-12-6-7-13-30(28)39(32)26-15-16-29-24(22-26)20-21-37-29/h1-19,21-22H,20H2. The number of aromatic nitrogens is 2. The van der Waals surface area contributed by atoms with Gasteiger partial charge in [0, 0.05) is 45.6 Å². The summed E-state index contributed by atoms with van der Waals surface area (Å²) in [5.41, 5.74) is 9.63. The zero-order chi connectivity index (χ0) is 25.5.